The van der Waals surface area contributed by atoms with Crippen molar-refractivity contribution in [3.05, 3.63) is 17.9 Å². The van der Waals surface area contributed by atoms with Gasteiger partial charge in [0.15, 0.2) is 11.6 Å². The molecule has 2 heterocycles. The van der Waals surface area contributed by atoms with E-state index >= 15 is 0 Å². The molecular weight excluding hydrogens is 314 g/mol. The summed E-state index contributed by atoms with van der Waals surface area (Å²) in [5.41, 5.74) is -0.0948. The Balaban J connectivity index is 2.07. The van der Waals surface area contributed by atoms with Gasteiger partial charge in [0.05, 0.1) is 30.9 Å². The van der Waals surface area contributed by atoms with E-state index in [4.69, 9.17) is 14.0 Å². The minimum absolute atomic E-state index is 0.0586. The van der Waals surface area contributed by atoms with E-state index in [1.807, 2.05) is 27.7 Å². The molecule has 1 fully saturated rings. The number of ether oxygens (including phenoxy) is 1. The lowest BCUT2D eigenvalue weighted by atomic mass is 9.78. The van der Waals surface area contributed by atoms with Crippen LogP contribution in [0.2, 0.25) is 0 Å². The van der Waals surface area contributed by atoms with Crippen LogP contribution >= 0.6 is 0 Å². The van der Waals surface area contributed by atoms with E-state index < -0.39 is 24.1 Å². The number of nitrogens with zero attached hydrogens (tertiary/aromatic N) is 4. The molecule has 1 saturated heterocycles. The molecule has 7 nitrogen and oxygen atoms in total. The highest BCUT2D eigenvalue weighted by Crippen LogP contribution is 2.37. The number of halogens is 1. The van der Waals surface area contributed by atoms with Crippen molar-refractivity contribution < 1.29 is 18.4 Å². The highest BCUT2D eigenvalue weighted by molar-refractivity contribution is 6.62. The van der Waals surface area contributed by atoms with E-state index in [9.17, 15) is 4.39 Å². The van der Waals surface area contributed by atoms with Crippen molar-refractivity contribution >= 4 is 12.6 Å². The maximum atomic E-state index is 14.5. The summed E-state index contributed by atoms with van der Waals surface area (Å²) in [5, 5.41) is 11.8. The lowest BCUT2D eigenvalue weighted by Gasteiger charge is -2.32. The van der Waals surface area contributed by atoms with E-state index in [-0.39, 0.29) is 11.6 Å². The minimum atomic E-state index is -0.689. The number of hydrogen-bond acceptors (Lipinski definition) is 6. The molecule has 0 aliphatic carbocycles. The standard InChI is InChI=1S/C15H20BFN4O3/c1-14(2)15(3,4)24-16(23-14)9-7-10(12(22-6)11(17)8-9)13-18-20-21(5)19-13/h7-8H,1-6H3. The quantitative estimate of drug-likeness (QED) is 0.789. The third kappa shape index (κ3) is 2.67. The SMILES string of the molecule is COc1c(F)cc(B2OC(C)(C)C(C)(C)O2)cc1-c1nnn(C)n1. The molecule has 3 rings (SSSR count). The average Bonchev–Trinajstić information content (AvgIpc) is 2.99. The van der Waals surface area contributed by atoms with Crippen LogP contribution in [0.4, 0.5) is 4.39 Å². The van der Waals surface area contributed by atoms with Crippen LogP contribution in [0.25, 0.3) is 11.4 Å². The topological polar surface area (TPSA) is 71.3 Å². The zero-order valence-electron chi connectivity index (χ0n) is 14.6. The third-order valence-electron chi connectivity index (χ3n) is 4.54. The van der Waals surface area contributed by atoms with E-state index in [0.29, 0.717) is 11.0 Å². The second-order valence-corrected chi connectivity index (χ2v) is 6.77. The van der Waals surface area contributed by atoms with E-state index in [1.54, 1.807) is 13.1 Å². The monoisotopic (exact) mass is 334 g/mol. The normalized spacial score (nSPS) is 18.9. The van der Waals surface area contributed by atoms with Crippen LogP contribution in [-0.4, -0.2) is 45.6 Å². The number of methoxy groups -OCH3 is 1. The summed E-state index contributed by atoms with van der Waals surface area (Å²) in [6.45, 7) is 7.77. The van der Waals surface area contributed by atoms with Crippen LogP contribution in [0.3, 0.4) is 0 Å². The van der Waals surface area contributed by atoms with Crippen molar-refractivity contribution in [2.75, 3.05) is 7.11 Å². The van der Waals surface area contributed by atoms with Crippen molar-refractivity contribution in [1.82, 2.24) is 20.2 Å². The Bertz CT molecular complexity index is 762. The third-order valence-corrected chi connectivity index (χ3v) is 4.54. The largest absolute Gasteiger partial charge is 0.494 e. The van der Waals surface area contributed by atoms with Crippen LogP contribution in [0.15, 0.2) is 12.1 Å². The maximum Gasteiger partial charge on any atom is 0.494 e. The van der Waals surface area contributed by atoms with Gasteiger partial charge in [-0.3, -0.25) is 0 Å². The van der Waals surface area contributed by atoms with Crippen molar-refractivity contribution in [2.45, 2.75) is 38.9 Å². The molecule has 2 aromatic rings. The summed E-state index contributed by atoms with van der Waals surface area (Å²) >= 11 is 0. The number of aromatic nitrogens is 4. The number of benzene rings is 1. The lowest BCUT2D eigenvalue weighted by molar-refractivity contribution is 0.00578. The molecule has 0 unspecified atom stereocenters. The Hall–Kier alpha value is -2.00. The number of rotatable bonds is 3. The predicted octanol–water partition coefficient (Wildman–Crippen LogP) is 1.32. The predicted molar refractivity (Wildman–Crippen MR) is 86.5 cm³/mol. The van der Waals surface area contributed by atoms with Gasteiger partial charge in [-0.1, -0.05) is 0 Å². The maximum absolute atomic E-state index is 14.5. The van der Waals surface area contributed by atoms with E-state index in [1.165, 1.54) is 18.0 Å². The lowest BCUT2D eigenvalue weighted by Crippen LogP contribution is -2.41. The van der Waals surface area contributed by atoms with Gasteiger partial charge in [0.2, 0.25) is 5.82 Å². The number of hydrogen-bond donors (Lipinski definition) is 0. The van der Waals surface area contributed by atoms with Crippen LogP contribution in [0.5, 0.6) is 5.75 Å². The Morgan fingerprint density at radius 3 is 2.29 bits per heavy atom. The van der Waals surface area contributed by atoms with Gasteiger partial charge >= 0.3 is 7.12 Å². The van der Waals surface area contributed by atoms with Gasteiger partial charge in [0.1, 0.15) is 0 Å². The first kappa shape index (κ1) is 16.8. The van der Waals surface area contributed by atoms with Gasteiger partial charge in [0.25, 0.3) is 0 Å². The van der Waals surface area contributed by atoms with Crippen LogP contribution in [0, 0.1) is 5.82 Å². The van der Waals surface area contributed by atoms with Gasteiger partial charge < -0.3 is 14.0 Å². The van der Waals surface area contributed by atoms with Crippen molar-refractivity contribution in [2.24, 2.45) is 7.05 Å². The average molecular weight is 334 g/mol. The molecule has 0 bridgehead atoms. The van der Waals surface area contributed by atoms with Gasteiger partial charge in [-0.05, 0) is 50.5 Å². The molecule has 0 radical (unpaired) electrons. The van der Waals surface area contributed by atoms with Gasteiger partial charge in [-0.15, -0.1) is 10.2 Å². The van der Waals surface area contributed by atoms with Crippen molar-refractivity contribution in [1.29, 1.82) is 0 Å². The smallest absolute Gasteiger partial charge is 0.493 e. The molecular formula is C15H20BFN4O3. The van der Waals surface area contributed by atoms with Gasteiger partial charge in [-0.2, -0.15) is 4.80 Å². The first-order valence-electron chi connectivity index (χ1n) is 7.62. The Kier molecular flexibility index (Phi) is 3.88. The molecule has 1 aromatic carbocycles. The summed E-state index contributed by atoms with van der Waals surface area (Å²) in [5.74, 6) is -0.206. The minimum Gasteiger partial charge on any atom is -0.493 e. The summed E-state index contributed by atoms with van der Waals surface area (Å²) in [7, 11) is 2.34. The number of tetrazole rings is 1. The first-order valence-corrected chi connectivity index (χ1v) is 7.62. The molecule has 0 spiro atoms. The molecule has 1 aliphatic rings. The van der Waals surface area contributed by atoms with Crippen LogP contribution < -0.4 is 10.2 Å². The molecule has 0 saturated carbocycles. The zero-order valence-corrected chi connectivity index (χ0v) is 14.6. The molecule has 0 atom stereocenters. The number of aryl methyl sites for hydroxylation is 1. The van der Waals surface area contributed by atoms with Crippen molar-refractivity contribution in [3.63, 3.8) is 0 Å². The fraction of sp³-hybridized carbons (Fsp3) is 0.533. The van der Waals surface area contributed by atoms with E-state index in [2.05, 4.69) is 15.4 Å². The Labute approximate surface area is 140 Å². The molecule has 9 heteroatoms. The Morgan fingerprint density at radius 1 is 1.17 bits per heavy atom. The second-order valence-electron chi connectivity index (χ2n) is 6.77. The van der Waals surface area contributed by atoms with Crippen LogP contribution in [-0.2, 0) is 16.4 Å². The zero-order chi connectivity index (χ0) is 17.7. The fourth-order valence-electron chi connectivity index (χ4n) is 2.50. The fourth-order valence-corrected chi connectivity index (χ4v) is 2.50. The highest BCUT2D eigenvalue weighted by Gasteiger charge is 2.52. The summed E-state index contributed by atoms with van der Waals surface area (Å²) in [6, 6.07) is 3.06. The molecule has 0 N–H and O–H groups in total. The van der Waals surface area contributed by atoms with Crippen molar-refractivity contribution in [3.8, 4) is 17.1 Å². The van der Waals surface area contributed by atoms with E-state index in [0.717, 1.165) is 0 Å². The molecule has 24 heavy (non-hydrogen) atoms. The molecule has 0 amide bonds. The highest BCUT2D eigenvalue weighted by atomic mass is 19.1. The van der Waals surface area contributed by atoms with Gasteiger partial charge in [-0.25, -0.2) is 4.39 Å². The first-order chi connectivity index (χ1) is 11.1. The molecule has 1 aliphatic heterocycles. The molecule has 1 aromatic heterocycles. The summed E-state index contributed by atoms with van der Waals surface area (Å²) in [6.07, 6.45) is 0. The van der Waals surface area contributed by atoms with Gasteiger partial charge in [0, 0.05) is 0 Å². The van der Waals surface area contributed by atoms with Crippen LogP contribution in [0.1, 0.15) is 27.7 Å². The summed E-state index contributed by atoms with van der Waals surface area (Å²) in [4.78, 5) is 1.30. The Morgan fingerprint density at radius 2 is 1.79 bits per heavy atom. The summed E-state index contributed by atoms with van der Waals surface area (Å²) < 4.78 is 31.7. The molecule has 128 valence electrons. The second kappa shape index (κ2) is 5.53.